The maximum absolute atomic E-state index is 13.1. The Bertz CT molecular complexity index is 359. The van der Waals surface area contributed by atoms with Gasteiger partial charge in [-0.05, 0) is 17.5 Å². The summed E-state index contributed by atoms with van der Waals surface area (Å²) in [6.45, 7) is 5.44. The standard InChI is InChI=1S/C12H16F2O2/c1-12(2,3)11(15)7-16-10-6-8(13)4-5-9(10)14/h4-6,11,15H,7H2,1-3H3. The molecule has 0 spiro atoms. The second kappa shape index (κ2) is 4.78. The van der Waals surface area contributed by atoms with Crippen molar-refractivity contribution in [3.05, 3.63) is 29.8 Å². The molecule has 90 valence electrons. The number of halogens is 2. The van der Waals surface area contributed by atoms with Gasteiger partial charge >= 0.3 is 0 Å². The highest BCUT2D eigenvalue weighted by molar-refractivity contribution is 5.24. The van der Waals surface area contributed by atoms with Crippen LogP contribution in [0.25, 0.3) is 0 Å². The van der Waals surface area contributed by atoms with E-state index in [1.165, 1.54) is 0 Å². The van der Waals surface area contributed by atoms with Crippen molar-refractivity contribution >= 4 is 0 Å². The lowest BCUT2D eigenvalue weighted by atomic mass is 9.90. The second-order valence-corrected chi connectivity index (χ2v) is 4.77. The van der Waals surface area contributed by atoms with Gasteiger partial charge in [0.15, 0.2) is 11.6 Å². The number of benzene rings is 1. The molecule has 0 fully saturated rings. The summed E-state index contributed by atoms with van der Waals surface area (Å²) < 4.78 is 31.0. The molecule has 0 bridgehead atoms. The Kier molecular flexibility index (Phi) is 3.86. The van der Waals surface area contributed by atoms with Gasteiger partial charge in [0.2, 0.25) is 0 Å². The van der Waals surface area contributed by atoms with Crippen molar-refractivity contribution in [2.24, 2.45) is 5.41 Å². The first-order chi connectivity index (χ1) is 7.30. The van der Waals surface area contributed by atoms with Gasteiger partial charge in [-0.1, -0.05) is 20.8 Å². The number of ether oxygens (including phenoxy) is 1. The van der Waals surface area contributed by atoms with Gasteiger partial charge in [0.25, 0.3) is 0 Å². The van der Waals surface area contributed by atoms with E-state index >= 15 is 0 Å². The van der Waals surface area contributed by atoms with E-state index in [0.717, 1.165) is 18.2 Å². The topological polar surface area (TPSA) is 29.5 Å². The summed E-state index contributed by atoms with van der Waals surface area (Å²) in [5.41, 5.74) is -0.357. The summed E-state index contributed by atoms with van der Waals surface area (Å²) in [5, 5.41) is 9.67. The van der Waals surface area contributed by atoms with Crippen LogP contribution in [0.15, 0.2) is 18.2 Å². The lowest BCUT2D eigenvalue weighted by Crippen LogP contribution is -2.32. The SMILES string of the molecule is CC(C)(C)C(O)COc1cc(F)ccc1F. The smallest absolute Gasteiger partial charge is 0.165 e. The molecule has 0 aliphatic rings. The van der Waals surface area contributed by atoms with Crippen molar-refractivity contribution in [3.63, 3.8) is 0 Å². The molecule has 0 aromatic heterocycles. The summed E-state index contributed by atoms with van der Waals surface area (Å²) in [7, 11) is 0. The number of hydrogen-bond acceptors (Lipinski definition) is 2. The first-order valence-electron chi connectivity index (χ1n) is 5.06. The van der Waals surface area contributed by atoms with Gasteiger partial charge in [0.05, 0.1) is 6.10 Å². The fourth-order valence-corrected chi connectivity index (χ4v) is 1.01. The van der Waals surface area contributed by atoms with E-state index in [2.05, 4.69) is 0 Å². The van der Waals surface area contributed by atoms with Crippen LogP contribution in [0.3, 0.4) is 0 Å². The van der Waals surface area contributed by atoms with Gasteiger partial charge in [-0.3, -0.25) is 0 Å². The van der Waals surface area contributed by atoms with Gasteiger partial charge in [-0.25, -0.2) is 8.78 Å². The Balaban J connectivity index is 2.64. The zero-order chi connectivity index (χ0) is 12.3. The van der Waals surface area contributed by atoms with Crippen molar-refractivity contribution in [1.82, 2.24) is 0 Å². The Morgan fingerprint density at radius 2 is 1.94 bits per heavy atom. The molecule has 1 aromatic carbocycles. The van der Waals surface area contributed by atoms with Gasteiger partial charge < -0.3 is 9.84 Å². The summed E-state index contributed by atoms with van der Waals surface area (Å²) in [6.07, 6.45) is -0.741. The molecular weight excluding hydrogens is 214 g/mol. The Hall–Kier alpha value is -1.16. The molecule has 0 aliphatic heterocycles. The van der Waals surface area contributed by atoms with Crippen LogP contribution >= 0.6 is 0 Å². The molecule has 4 heteroatoms. The molecule has 1 aromatic rings. The number of hydrogen-bond donors (Lipinski definition) is 1. The highest BCUT2D eigenvalue weighted by Gasteiger charge is 2.23. The van der Waals surface area contributed by atoms with Crippen LogP contribution in [0.4, 0.5) is 8.78 Å². The van der Waals surface area contributed by atoms with Gasteiger partial charge in [0.1, 0.15) is 12.4 Å². The van der Waals surface area contributed by atoms with Crippen molar-refractivity contribution in [2.75, 3.05) is 6.61 Å². The summed E-state index contributed by atoms with van der Waals surface area (Å²) in [4.78, 5) is 0. The third-order valence-corrected chi connectivity index (χ3v) is 2.29. The van der Waals surface area contributed by atoms with Crippen LogP contribution in [0, 0.1) is 17.0 Å². The van der Waals surface area contributed by atoms with E-state index in [0.29, 0.717) is 0 Å². The molecule has 1 unspecified atom stereocenters. The van der Waals surface area contributed by atoms with Crippen LogP contribution in [-0.4, -0.2) is 17.8 Å². The fraction of sp³-hybridized carbons (Fsp3) is 0.500. The predicted octanol–water partition coefficient (Wildman–Crippen LogP) is 2.75. The predicted molar refractivity (Wildman–Crippen MR) is 57.3 cm³/mol. The summed E-state index contributed by atoms with van der Waals surface area (Å²) in [6, 6.07) is 2.97. The Morgan fingerprint density at radius 3 is 2.50 bits per heavy atom. The molecule has 0 saturated heterocycles. The molecule has 16 heavy (non-hydrogen) atoms. The van der Waals surface area contributed by atoms with E-state index in [9.17, 15) is 13.9 Å². The van der Waals surface area contributed by atoms with E-state index in [4.69, 9.17) is 4.74 Å². The molecule has 0 saturated carbocycles. The maximum Gasteiger partial charge on any atom is 0.165 e. The molecule has 1 atom stereocenters. The Labute approximate surface area is 93.9 Å². The molecule has 0 aliphatic carbocycles. The minimum Gasteiger partial charge on any atom is -0.488 e. The quantitative estimate of drug-likeness (QED) is 0.865. The highest BCUT2D eigenvalue weighted by Crippen LogP contribution is 2.22. The first kappa shape index (κ1) is 12.9. The fourth-order valence-electron chi connectivity index (χ4n) is 1.01. The minimum atomic E-state index is -0.741. The number of aliphatic hydroxyl groups excluding tert-OH is 1. The van der Waals surface area contributed by atoms with E-state index in [1.54, 1.807) is 0 Å². The molecule has 0 radical (unpaired) electrons. The normalized spacial score (nSPS) is 13.6. The van der Waals surface area contributed by atoms with Gasteiger partial charge in [-0.15, -0.1) is 0 Å². The third kappa shape index (κ3) is 3.45. The Morgan fingerprint density at radius 1 is 1.31 bits per heavy atom. The van der Waals surface area contributed by atoms with Crippen LogP contribution in [0.2, 0.25) is 0 Å². The van der Waals surface area contributed by atoms with Crippen LogP contribution in [0.5, 0.6) is 5.75 Å². The van der Waals surface area contributed by atoms with Crippen LogP contribution < -0.4 is 4.74 Å². The van der Waals surface area contributed by atoms with E-state index < -0.39 is 17.7 Å². The van der Waals surface area contributed by atoms with E-state index in [1.807, 2.05) is 20.8 Å². The summed E-state index contributed by atoms with van der Waals surface area (Å²) in [5.74, 6) is -1.38. The molecule has 2 nitrogen and oxygen atoms in total. The maximum atomic E-state index is 13.1. The average molecular weight is 230 g/mol. The van der Waals surface area contributed by atoms with Crippen molar-refractivity contribution in [3.8, 4) is 5.75 Å². The molecule has 1 rings (SSSR count). The largest absolute Gasteiger partial charge is 0.488 e. The molecule has 0 amide bonds. The monoisotopic (exact) mass is 230 g/mol. The highest BCUT2D eigenvalue weighted by atomic mass is 19.1. The number of rotatable bonds is 3. The van der Waals surface area contributed by atoms with Crippen molar-refractivity contribution in [2.45, 2.75) is 26.9 Å². The molecule has 1 N–H and O–H groups in total. The van der Waals surface area contributed by atoms with E-state index in [-0.39, 0.29) is 17.8 Å². The lowest BCUT2D eigenvalue weighted by Gasteiger charge is -2.25. The first-order valence-corrected chi connectivity index (χ1v) is 5.06. The minimum absolute atomic E-state index is 0.0656. The lowest BCUT2D eigenvalue weighted by molar-refractivity contribution is 0.0206. The second-order valence-electron chi connectivity index (χ2n) is 4.77. The van der Waals surface area contributed by atoms with Gasteiger partial charge in [-0.2, -0.15) is 0 Å². The average Bonchev–Trinajstić information content (AvgIpc) is 2.17. The zero-order valence-electron chi connectivity index (χ0n) is 9.63. The molecule has 0 heterocycles. The zero-order valence-corrected chi connectivity index (χ0v) is 9.63. The summed E-state index contributed by atoms with van der Waals surface area (Å²) >= 11 is 0. The van der Waals surface area contributed by atoms with Crippen molar-refractivity contribution < 1.29 is 18.6 Å². The third-order valence-electron chi connectivity index (χ3n) is 2.29. The van der Waals surface area contributed by atoms with Crippen LogP contribution in [0.1, 0.15) is 20.8 Å². The molecular formula is C12H16F2O2. The number of aliphatic hydroxyl groups is 1. The van der Waals surface area contributed by atoms with Gasteiger partial charge in [0, 0.05) is 6.07 Å². The van der Waals surface area contributed by atoms with Crippen molar-refractivity contribution in [1.29, 1.82) is 0 Å². The van der Waals surface area contributed by atoms with Crippen LogP contribution in [-0.2, 0) is 0 Å².